The summed E-state index contributed by atoms with van der Waals surface area (Å²) in [5.74, 6) is -1.07. The molecule has 0 saturated heterocycles. The van der Waals surface area contributed by atoms with E-state index in [1.165, 1.54) is 12.3 Å². The van der Waals surface area contributed by atoms with Gasteiger partial charge in [0.2, 0.25) is 0 Å². The molecular formula is C13H10BrClN2O3. The van der Waals surface area contributed by atoms with Gasteiger partial charge in [0.15, 0.2) is 6.61 Å². The number of ether oxygens (including phenoxy) is 1. The number of rotatable bonds is 4. The lowest BCUT2D eigenvalue weighted by atomic mass is 10.3. The van der Waals surface area contributed by atoms with Gasteiger partial charge in [0, 0.05) is 10.7 Å². The minimum absolute atomic E-state index is 0.198. The number of anilines is 1. The number of amides is 1. The molecule has 20 heavy (non-hydrogen) atoms. The van der Waals surface area contributed by atoms with Crippen LogP contribution in [0.1, 0.15) is 10.5 Å². The molecule has 2 N–H and O–H groups in total. The third-order valence-electron chi connectivity index (χ3n) is 2.35. The van der Waals surface area contributed by atoms with Crippen LogP contribution in [-0.4, -0.2) is 23.5 Å². The van der Waals surface area contributed by atoms with E-state index in [1.807, 2.05) is 6.07 Å². The molecule has 0 bridgehead atoms. The average Bonchev–Trinajstić information content (AvgIpc) is 2.85. The maximum atomic E-state index is 11.7. The first-order valence-electron chi connectivity index (χ1n) is 5.61. The van der Waals surface area contributed by atoms with Crippen molar-refractivity contribution in [3.05, 3.63) is 51.7 Å². The molecule has 0 aliphatic rings. The maximum Gasteiger partial charge on any atom is 0.355 e. The van der Waals surface area contributed by atoms with E-state index in [0.717, 1.165) is 4.47 Å². The van der Waals surface area contributed by atoms with E-state index in [0.29, 0.717) is 10.7 Å². The van der Waals surface area contributed by atoms with Gasteiger partial charge in [-0.2, -0.15) is 0 Å². The van der Waals surface area contributed by atoms with E-state index in [2.05, 4.69) is 26.2 Å². The van der Waals surface area contributed by atoms with Gasteiger partial charge in [0.05, 0.1) is 10.7 Å². The van der Waals surface area contributed by atoms with Crippen molar-refractivity contribution >= 4 is 45.1 Å². The second kappa shape index (κ2) is 6.58. The van der Waals surface area contributed by atoms with Crippen molar-refractivity contribution in [2.75, 3.05) is 11.9 Å². The third-order valence-corrected chi connectivity index (χ3v) is 3.26. The molecule has 1 heterocycles. The van der Waals surface area contributed by atoms with Crippen LogP contribution < -0.4 is 5.32 Å². The van der Waals surface area contributed by atoms with Gasteiger partial charge in [-0.25, -0.2) is 4.79 Å². The summed E-state index contributed by atoms with van der Waals surface area (Å²) in [7, 11) is 0. The van der Waals surface area contributed by atoms with Crippen molar-refractivity contribution < 1.29 is 14.3 Å². The molecular weight excluding hydrogens is 348 g/mol. The monoisotopic (exact) mass is 356 g/mol. The molecule has 0 aliphatic heterocycles. The fourth-order valence-electron chi connectivity index (χ4n) is 1.44. The molecule has 1 aromatic carbocycles. The lowest BCUT2D eigenvalue weighted by Crippen LogP contribution is -2.21. The molecule has 0 aliphatic carbocycles. The highest BCUT2D eigenvalue weighted by Gasteiger charge is 2.12. The highest BCUT2D eigenvalue weighted by Crippen LogP contribution is 2.20. The molecule has 0 radical (unpaired) electrons. The fourth-order valence-corrected chi connectivity index (χ4v) is 1.99. The second-order valence-electron chi connectivity index (χ2n) is 3.84. The minimum Gasteiger partial charge on any atom is -0.451 e. The summed E-state index contributed by atoms with van der Waals surface area (Å²) in [6, 6.07) is 8.56. The first-order valence-corrected chi connectivity index (χ1v) is 6.79. The number of hydrogen-bond acceptors (Lipinski definition) is 3. The summed E-state index contributed by atoms with van der Waals surface area (Å²) >= 11 is 8.97. The lowest BCUT2D eigenvalue weighted by molar-refractivity contribution is -0.119. The normalized spacial score (nSPS) is 10.1. The van der Waals surface area contributed by atoms with Crippen molar-refractivity contribution in [1.82, 2.24) is 4.98 Å². The third kappa shape index (κ3) is 3.85. The van der Waals surface area contributed by atoms with Gasteiger partial charge in [0.25, 0.3) is 5.91 Å². The zero-order valence-electron chi connectivity index (χ0n) is 10.2. The van der Waals surface area contributed by atoms with E-state index in [1.54, 1.807) is 18.2 Å². The largest absolute Gasteiger partial charge is 0.451 e. The van der Waals surface area contributed by atoms with E-state index in [9.17, 15) is 9.59 Å². The Hall–Kier alpha value is -1.79. The van der Waals surface area contributed by atoms with E-state index < -0.39 is 11.9 Å². The van der Waals surface area contributed by atoms with Crippen LogP contribution in [-0.2, 0) is 9.53 Å². The Kier molecular flexibility index (Phi) is 4.81. The first kappa shape index (κ1) is 14.6. The smallest absolute Gasteiger partial charge is 0.355 e. The van der Waals surface area contributed by atoms with Crippen LogP contribution in [0.25, 0.3) is 0 Å². The molecule has 0 unspecified atom stereocenters. The van der Waals surface area contributed by atoms with E-state index in [-0.39, 0.29) is 12.3 Å². The summed E-state index contributed by atoms with van der Waals surface area (Å²) in [5.41, 5.74) is 0.806. The number of esters is 1. The van der Waals surface area contributed by atoms with Crippen LogP contribution in [0.2, 0.25) is 5.02 Å². The number of benzene rings is 1. The quantitative estimate of drug-likeness (QED) is 0.825. The van der Waals surface area contributed by atoms with Gasteiger partial charge in [-0.05, 0) is 34.1 Å². The van der Waals surface area contributed by atoms with Crippen molar-refractivity contribution in [2.24, 2.45) is 0 Å². The SMILES string of the molecule is O=C(COC(=O)c1cc(Cl)c[nH]1)Nc1ccccc1Br. The van der Waals surface area contributed by atoms with Crippen molar-refractivity contribution in [3.8, 4) is 0 Å². The lowest BCUT2D eigenvalue weighted by Gasteiger charge is -2.07. The Labute approximate surface area is 128 Å². The molecule has 0 fully saturated rings. The molecule has 7 heteroatoms. The van der Waals surface area contributed by atoms with Crippen molar-refractivity contribution in [1.29, 1.82) is 0 Å². The number of nitrogens with one attached hydrogen (secondary N) is 2. The number of H-pyrrole nitrogens is 1. The van der Waals surface area contributed by atoms with Crippen LogP contribution in [0.15, 0.2) is 41.0 Å². The number of carbonyl (C=O) groups excluding carboxylic acids is 2. The van der Waals surface area contributed by atoms with E-state index >= 15 is 0 Å². The van der Waals surface area contributed by atoms with Crippen molar-refractivity contribution in [2.45, 2.75) is 0 Å². The van der Waals surface area contributed by atoms with Gasteiger partial charge in [-0.3, -0.25) is 4.79 Å². The molecule has 104 valence electrons. The van der Waals surface area contributed by atoms with Crippen LogP contribution in [0.4, 0.5) is 5.69 Å². The molecule has 2 aromatic rings. The molecule has 1 amide bonds. The predicted octanol–water partition coefficient (Wildman–Crippen LogP) is 3.23. The molecule has 0 spiro atoms. The summed E-state index contributed by atoms with van der Waals surface area (Å²) < 4.78 is 5.61. The van der Waals surface area contributed by atoms with Gasteiger partial charge in [-0.15, -0.1) is 0 Å². The zero-order valence-corrected chi connectivity index (χ0v) is 12.5. The van der Waals surface area contributed by atoms with Gasteiger partial charge < -0.3 is 15.0 Å². The van der Waals surface area contributed by atoms with Gasteiger partial charge >= 0.3 is 5.97 Å². The second-order valence-corrected chi connectivity index (χ2v) is 5.13. The van der Waals surface area contributed by atoms with E-state index in [4.69, 9.17) is 16.3 Å². The maximum absolute atomic E-state index is 11.7. The topological polar surface area (TPSA) is 71.2 Å². The average molecular weight is 358 g/mol. The number of carbonyl (C=O) groups is 2. The molecule has 0 atom stereocenters. The summed E-state index contributed by atoms with van der Waals surface area (Å²) in [5, 5.41) is 3.02. The fraction of sp³-hybridized carbons (Fsp3) is 0.0769. The highest BCUT2D eigenvalue weighted by atomic mass is 79.9. The molecule has 0 saturated carbocycles. The number of para-hydroxylation sites is 1. The molecule has 2 rings (SSSR count). The summed E-state index contributed by atoms with van der Waals surface area (Å²) in [6.45, 7) is -0.378. The van der Waals surface area contributed by atoms with Crippen LogP contribution in [0, 0.1) is 0 Å². The van der Waals surface area contributed by atoms with Crippen molar-refractivity contribution in [3.63, 3.8) is 0 Å². The molecule has 5 nitrogen and oxygen atoms in total. The standard InChI is InChI=1S/C13H10BrClN2O3/c14-9-3-1-2-4-10(9)17-12(18)7-20-13(19)11-5-8(15)6-16-11/h1-6,16H,7H2,(H,17,18). The van der Waals surface area contributed by atoms with Crippen LogP contribution >= 0.6 is 27.5 Å². The Morgan fingerprint density at radius 3 is 2.75 bits per heavy atom. The van der Waals surface area contributed by atoms with Crippen LogP contribution in [0.5, 0.6) is 0 Å². The molecule has 1 aromatic heterocycles. The Morgan fingerprint density at radius 1 is 1.35 bits per heavy atom. The number of aromatic amines is 1. The zero-order chi connectivity index (χ0) is 14.5. The predicted molar refractivity (Wildman–Crippen MR) is 78.9 cm³/mol. The van der Waals surface area contributed by atoms with Gasteiger partial charge in [-0.1, -0.05) is 23.7 Å². The Morgan fingerprint density at radius 2 is 2.10 bits per heavy atom. The number of hydrogen-bond donors (Lipinski definition) is 2. The number of halogens is 2. The Balaban J connectivity index is 1.87. The van der Waals surface area contributed by atoms with Gasteiger partial charge in [0.1, 0.15) is 5.69 Å². The van der Waals surface area contributed by atoms with Crippen LogP contribution in [0.3, 0.4) is 0 Å². The first-order chi connectivity index (χ1) is 9.56. The highest BCUT2D eigenvalue weighted by molar-refractivity contribution is 9.10. The summed E-state index contributed by atoms with van der Waals surface area (Å²) in [6.07, 6.45) is 1.46. The Bertz CT molecular complexity index is 642. The number of aromatic nitrogens is 1. The summed E-state index contributed by atoms with van der Waals surface area (Å²) in [4.78, 5) is 25.9. The minimum atomic E-state index is -0.640.